The molecular formula is C29H58O9. The highest BCUT2D eigenvalue weighted by molar-refractivity contribution is 5.72. The molecule has 0 rings (SSSR count). The van der Waals surface area contributed by atoms with Crippen LogP contribution in [-0.2, 0) is 42.7 Å². The smallest absolute Gasteiger partial charge is 0.308 e. The van der Waals surface area contributed by atoms with Crippen molar-refractivity contribution in [1.29, 1.82) is 0 Å². The SMILES string of the molecule is CCCCCCCOCCOCCOCCOCCOCCOCCOCCOC(=O)C(CC)CCCC. The summed E-state index contributed by atoms with van der Waals surface area (Å²) in [5, 5.41) is 0. The van der Waals surface area contributed by atoms with Crippen LogP contribution >= 0.6 is 0 Å². The molecule has 9 heteroatoms. The Morgan fingerprint density at radius 1 is 0.447 bits per heavy atom. The summed E-state index contributed by atoms with van der Waals surface area (Å²) in [6.07, 6.45) is 10.2. The van der Waals surface area contributed by atoms with Crippen molar-refractivity contribution in [3.05, 3.63) is 0 Å². The predicted molar refractivity (Wildman–Crippen MR) is 149 cm³/mol. The molecule has 0 saturated heterocycles. The number of rotatable bonds is 32. The molecule has 228 valence electrons. The van der Waals surface area contributed by atoms with Crippen LogP contribution in [0.4, 0.5) is 0 Å². The third-order valence-electron chi connectivity index (χ3n) is 5.83. The van der Waals surface area contributed by atoms with Gasteiger partial charge in [0.15, 0.2) is 0 Å². The van der Waals surface area contributed by atoms with Gasteiger partial charge in [0, 0.05) is 6.61 Å². The molecule has 0 aliphatic rings. The Morgan fingerprint density at radius 2 is 0.816 bits per heavy atom. The van der Waals surface area contributed by atoms with E-state index in [2.05, 4.69) is 13.8 Å². The van der Waals surface area contributed by atoms with Gasteiger partial charge in [0.05, 0.1) is 91.8 Å². The standard InChI is InChI=1S/C29H58O9/c1-4-7-9-10-11-13-31-14-15-32-16-17-33-18-19-34-20-21-35-22-23-36-24-25-37-26-27-38-29(30)28(6-3)12-8-5-2/h28H,4-27H2,1-3H3. The predicted octanol–water partition coefficient (Wildman–Crippen LogP) is 4.83. The Labute approximate surface area is 232 Å². The highest BCUT2D eigenvalue weighted by Gasteiger charge is 2.16. The Kier molecular flexibility index (Phi) is 31.7. The van der Waals surface area contributed by atoms with Crippen LogP contribution in [0, 0.1) is 5.92 Å². The molecule has 0 aliphatic heterocycles. The van der Waals surface area contributed by atoms with Crippen LogP contribution in [0.3, 0.4) is 0 Å². The lowest BCUT2D eigenvalue weighted by molar-refractivity contribution is -0.150. The van der Waals surface area contributed by atoms with Crippen LogP contribution in [0.15, 0.2) is 0 Å². The van der Waals surface area contributed by atoms with Gasteiger partial charge in [-0.15, -0.1) is 0 Å². The summed E-state index contributed by atoms with van der Waals surface area (Å²) in [6, 6.07) is 0. The van der Waals surface area contributed by atoms with Gasteiger partial charge in [-0.1, -0.05) is 59.3 Å². The topological polar surface area (TPSA) is 90.9 Å². The van der Waals surface area contributed by atoms with Crippen molar-refractivity contribution < 1.29 is 42.7 Å². The fourth-order valence-electron chi connectivity index (χ4n) is 3.49. The van der Waals surface area contributed by atoms with Crippen LogP contribution in [-0.4, -0.2) is 105 Å². The van der Waals surface area contributed by atoms with Gasteiger partial charge in [0.25, 0.3) is 0 Å². The molecule has 1 atom stereocenters. The third kappa shape index (κ3) is 28.2. The minimum Gasteiger partial charge on any atom is -0.463 e. The zero-order chi connectivity index (χ0) is 27.8. The molecule has 0 saturated carbocycles. The molecule has 1 unspecified atom stereocenters. The number of hydrogen-bond donors (Lipinski definition) is 0. The quantitative estimate of drug-likeness (QED) is 0.0862. The second-order valence-electron chi connectivity index (χ2n) is 9.12. The van der Waals surface area contributed by atoms with Crippen molar-refractivity contribution in [1.82, 2.24) is 0 Å². The van der Waals surface area contributed by atoms with E-state index >= 15 is 0 Å². The zero-order valence-corrected chi connectivity index (χ0v) is 24.7. The number of ether oxygens (including phenoxy) is 8. The van der Waals surface area contributed by atoms with Gasteiger partial charge in [0.2, 0.25) is 0 Å². The van der Waals surface area contributed by atoms with E-state index in [1.54, 1.807) is 0 Å². The first kappa shape index (κ1) is 37.2. The Hall–Kier alpha value is -0.810. The van der Waals surface area contributed by atoms with E-state index in [0.717, 1.165) is 38.7 Å². The summed E-state index contributed by atoms with van der Waals surface area (Å²) in [7, 11) is 0. The summed E-state index contributed by atoms with van der Waals surface area (Å²) < 4.78 is 43.6. The van der Waals surface area contributed by atoms with Crippen molar-refractivity contribution >= 4 is 5.97 Å². The van der Waals surface area contributed by atoms with Gasteiger partial charge in [0.1, 0.15) is 6.61 Å². The van der Waals surface area contributed by atoms with Gasteiger partial charge < -0.3 is 37.9 Å². The fraction of sp³-hybridized carbons (Fsp3) is 0.966. The first-order valence-electron chi connectivity index (χ1n) is 15.0. The van der Waals surface area contributed by atoms with E-state index in [-0.39, 0.29) is 18.5 Å². The molecule has 0 aliphatic carbocycles. The van der Waals surface area contributed by atoms with Gasteiger partial charge >= 0.3 is 5.97 Å². The molecule has 0 aromatic rings. The van der Waals surface area contributed by atoms with Crippen LogP contribution in [0.5, 0.6) is 0 Å². The molecule has 0 bridgehead atoms. The largest absolute Gasteiger partial charge is 0.463 e. The number of hydrogen-bond acceptors (Lipinski definition) is 9. The first-order valence-corrected chi connectivity index (χ1v) is 15.0. The second-order valence-corrected chi connectivity index (χ2v) is 9.12. The third-order valence-corrected chi connectivity index (χ3v) is 5.83. The lowest BCUT2D eigenvalue weighted by Crippen LogP contribution is -2.20. The lowest BCUT2D eigenvalue weighted by Gasteiger charge is -2.13. The van der Waals surface area contributed by atoms with Crippen LogP contribution in [0.2, 0.25) is 0 Å². The molecule has 38 heavy (non-hydrogen) atoms. The van der Waals surface area contributed by atoms with Gasteiger partial charge in [-0.2, -0.15) is 0 Å². The minimum atomic E-state index is -0.112. The maximum absolute atomic E-state index is 12.0. The average Bonchev–Trinajstić information content (AvgIpc) is 2.93. The maximum Gasteiger partial charge on any atom is 0.308 e. The van der Waals surface area contributed by atoms with Gasteiger partial charge in [-0.3, -0.25) is 4.79 Å². The van der Waals surface area contributed by atoms with E-state index in [1.807, 2.05) is 6.92 Å². The summed E-state index contributed by atoms with van der Waals surface area (Å²) in [6.45, 7) is 14.3. The summed E-state index contributed by atoms with van der Waals surface area (Å²) in [4.78, 5) is 12.0. The van der Waals surface area contributed by atoms with Crippen LogP contribution in [0.25, 0.3) is 0 Å². The molecular weight excluding hydrogens is 492 g/mol. The maximum atomic E-state index is 12.0. The summed E-state index contributed by atoms with van der Waals surface area (Å²) in [5.74, 6) is -0.105. The normalized spacial score (nSPS) is 12.2. The van der Waals surface area contributed by atoms with E-state index in [0.29, 0.717) is 85.9 Å². The molecule has 0 N–H and O–H groups in total. The molecule has 0 fully saturated rings. The molecule has 0 aromatic carbocycles. The van der Waals surface area contributed by atoms with Crippen LogP contribution in [0.1, 0.15) is 78.6 Å². The van der Waals surface area contributed by atoms with Crippen molar-refractivity contribution in [2.75, 3.05) is 99.1 Å². The molecule has 0 aromatic heterocycles. The van der Waals surface area contributed by atoms with Crippen molar-refractivity contribution in [2.45, 2.75) is 78.6 Å². The number of carbonyl (C=O) groups is 1. The van der Waals surface area contributed by atoms with Crippen molar-refractivity contribution in [3.63, 3.8) is 0 Å². The number of unbranched alkanes of at least 4 members (excludes halogenated alkanes) is 5. The molecule has 9 nitrogen and oxygen atoms in total. The van der Waals surface area contributed by atoms with Crippen molar-refractivity contribution in [3.8, 4) is 0 Å². The minimum absolute atomic E-state index is 0.00688. The van der Waals surface area contributed by atoms with E-state index in [4.69, 9.17) is 37.9 Å². The molecule has 0 spiro atoms. The summed E-state index contributed by atoms with van der Waals surface area (Å²) in [5.41, 5.74) is 0. The fourth-order valence-corrected chi connectivity index (χ4v) is 3.49. The molecule has 0 amide bonds. The number of carbonyl (C=O) groups excluding carboxylic acids is 1. The molecule has 0 radical (unpaired) electrons. The van der Waals surface area contributed by atoms with Crippen molar-refractivity contribution in [2.24, 2.45) is 5.92 Å². The van der Waals surface area contributed by atoms with E-state index in [1.165, 1.54) is 25.7 Å². The Bertz CT molecular complexity index is 465. The molecule has 0 heterocycles. The number of esters is 1. The van der Waals surface area contributed by atoms with Gasteiger partial charge in [-0.25, -0.2) is 0 Å². The Morgan fingerprint density at radius 3 is 1.21 bits per heavy atom. The monoisotopic (exact) mass is 550 g/mol. The van der Waals surface area contributed by atoms with Crippen LogP contribution < -0.4 is 0 Å². The second kappa shape index (κ2) is 32.4. The highest BCUT2D eigenvalue weighted by atomic mass is 16.6. The van der Waals surface area contributed by atoms with E-state index in [9.17, 15) is 4.79 Å². The first-order chi connectivity index (χ1) is 18.8. The zero-order valence-electron chi connectivity index (χ0n) is 24.7. The highest BCUT2D eigenvalue weighted by Crippen LogP contribution is 2.14. The summed E-state index contributed by atoms with van der Waals surface area (Å²) >= 11 is 0. The lowest BCUT2D eigenvalue weighted by atomic mass is 10.00. The van der Waals surface area contributed by atoms with E-state index < -0.39 is 0 Å². The Balaban J connectivity index is 3.16. The average molecular weight is 551 g/mol. The van der Waals surface area contributed by atoms with Gasteiger partial charge in [-0.05, 0) is 19.3 Å².